The minimum atomic E-state index is -0.00988. The van der Waals surface area contributed by atoms with Gasteiger partial charge >= 0.3 is 0 Å². The van der Waals surface area contributed by atoms with Crippen molar-refractivity contribution in [1.82, 2.24) is 4.98 Å². The molecule has 3 aromatic rings. The largest absolute Gasteiger partial charge is 0.504 e. The van der Waals surface area contributed by atoms with Crippen molar-refractivity contribution in [2.24, 2.45) is 0 Å². The predicted octanol–water partition coefficient (Wildman–Crippen LogP) is 4.06. The summed E-state index contributed by atoms with van der Waals surface area (Å²) in [5, 5.41) is 12.3. The summed E-state index contributed by atoms with van der Waals surface area (Å²) in [6.45, 7) is 1.35. The second-order valence-corrected chi connectivity index (χ2v) is 6.81. The number of phenolic OH excluding ortho intramolecular Hbond substituents is 1. The van der Waals surface area contributed by atoms with Crippen molar-refractivity contribution in [1.29, 1.82) is 0 Å². The molecule has 2 aromatic carbocycles. The first-order valence-corrected chi connectivity index (χ1v) is 9.43. The molecule has 0 saturated carbocycles. The number of ether oxygens (including phenoxy) is 5. The van der Waals surface area contributed by atoms with E-state index in [4.69, 9.17) is 23.7 Å². The van der Waals surface area contributed by atoms with Crippen LogP contribution in [0.25, 0.3) is 22.0 Å². The maximum atomic E-state index is 10.3. The molecule has 1 N–H and O–H groups in total. The molecule has 0 aliphatic rings. The van der Waals surface area contributed by atoms with E-state index in [0.717, 1.165) is 33.0 Å². The Balaban J connectivity index is 2.21. The molecule has 0 unspecified atom stereocenters. The van der Waals surface area contributed by atoms with Crippen LogP contribution in [0.5, 0.6) is 17.2 Å². The first kappa shape index (κ1) is 21.8. The Labute approximate surface area is 176 Å². The number of nitrogens with zero attached hydrogens (tertiary/aromatic N) is 1. The summed E-state index contributed by atoms with van der Waals surface area (Å²) in [4.78, 5) is 4.63. The van der Waals surface area contributed by atoms with Crippen LogP contribution in [0.3, 0.4) is 0 Å². The van der Waals surface area contributed by atoms with E-state index in [-0.39, 0.29) is 11.5 Å². The van der Waals surface area contributed by atoms with Crippen LogP contribution in [0.4, 0.5) is 0 Å². The second-order valence-electron chi connectivity index (χ2n) is 6.81. The molecule has 0 aliphatic carbocycles. The quantitative estimate of drug-likeness (QED) is 0.567. The zero-order valence-corrected chi connectivity index (χ0v) is 17.9. The summed E-state index contributed by atoms with van der Waals surface area (Å²) in [5.74, 6) is 0.713. The van der Waals surface area contributed by atoms with Crippen LogP contribution in [-0.4, -0.2) is 45.6 Å². The lowest BCUT2D eigenvalue weighted by molar-refractivity contribution is 0.159. The molecule has 0 bridgehead atoms. The summed E-state index contributed by atoms with van der Waals surface area (Å²) in [6, 6.07) is 7.46. The smallest absolute Gasteiger partial charge is 0.203 e. The van der Waals surface area contributed by atoms with E-state index in [9.17, 15) is 5.11 Å². The van der Waals surface area contributed by atoms with E-state index in [2.05, 4.69) is 11.1 Å². The highest BCUT2D eigenvalue weighted by atomic mass is 16.5. The van der Waals surface area contributed by atoms with Crippen LogP contribution in [0, 0.1) is 0 Å². The van der Waals surface area contributed by atoms with Crippen LogP contribution in [0.2, 0.25) is 0 Å². The van der Waals surface area contributed by atoms with Crippen LogP contribution in [0.15, 0.2) is 30.5 Å². The van der Waals surface area contributed by atoms with E-state index in [1.54, 1.807) is 33.5 Å². The molecule has 0 aliphatic heterocycles. The number of methoxy groups -OCH3 is 5. The lowest BCUT2D eigenvalue weighted by Gasteiger charge is -2.18. The summed E-state index contributed by atoms with van der Waals surface area (Å²) >= 11 is 0. The van der Waals surface area contributed by atoms with E-state index in [1.165, 1.54) is 14.2 Å². The lowest BCUT2D eigenvalue weighted by Crippen LogP contribution is -2.05. The highest BCUT2D eigenvalue weighted by Gasteiger charge is 2.17. The molecule has 0 atom stereocenters. The van der Waals surface area contributed by atoms with Crippen LogP contribution in [0.1, 0.15) is 16.7 Å². The highest BCUT2D eigenvalue weighted by molar-refractivity contribution is 5.90. The molecule has 160 valence electrons. The molecular weight excluding hydrogens is 386 g/mol. The third-order valence-electron chi connectivity index (χ3n) is 4.97. The Morgan fingerprint density at radius 1 is 0.800 bits per heavy atom. The average Bonchev–Trinajstić information content (AvgIpc) is 2.75. The van der Waals surface area contributed by atoms with E-state index >= 15 is 0 Å². The van der Waals surface area contributed by atoms with Gasteiger partial charge in [0.1, 0.15) is 0 Å². The Bertz CT molecular complexity index is 1030. The number of aromatic hydroxyl groups is 1. The summed E-state index contributed by atoms with van der Waals surface area (Å²) in [7, 11) is 8.01. The van der Waals surface area contributed by atoms with Crippen LogP contribution < -0.4 is 9.47 Å². The standard InChI is InChI=1S/C23H27NO6/c1-26-11-16-6-14-7-20(15-8-21(25)23(30-5)22(9-15)29-4)24-10-17(14)19(13-28-3)18(16)12-27-2/h6-10,25H,11-13H2,1-5H3. The highest BCUT2D eigenvalue weighted by Crippen LogP contribution is 2.40. The number of rotatable bonds is 9. The first-order valence-electron chi connectivity index (χ1n) is 9.43. The normalized spacial score (nSPS) is 11.1. The van der Waals surface area contributed by atoms with Gasteiger partial charge in [0.2, 0.25) is 5.75 Å². The molecule has 0 fully saturated rings. The third-order valence-corrected chi connectivity index (χ3v) is 4.97. The van der Waals surface area contributed by atoms with Crippen molar-refractivity contribution in [2.75, 3.05) is 35.5 Å². The molecule has 1 heterocycles. The SMILES string of the molecule is COCc1cc2cc(-c3cc(O)c(OC)c(OC)c3)ncc2c(COC)c1COC. The van der Waals surface area contributed by atoms with Gasteiger partial charge in [-0.2, -0.15) is 0 Å². The van der Waals surface area contributed by atoms with Gasteiger partial charge in [0, 0.05) is 38.5 Å². The van der Waals surface area contributed by atoms with Crippen molar-refractivity contribution in [2.45, 2.75) is 19.8 Å². The van der Waals surface area contributed by atoms with Crippen molar-refractivity contribution < 1.29 is 28.8 Å². The summed E-state index contributed by atoms with van der Waals surface area (Å²) in [5.41, 5.74) is 4.52. The summed E-state index contributed by atoms with van der Waals surface area (Å²) < 4.78 is 26.8. The molecule has 0 radical (unpaired) electrons. The molecule has 30 heavy (non-hydrogen) atoms. The van der Waals surface area contributed by atoms with E-state index in [1.807, 2.05) is 12.3 Å². The van der Waals surface area contributed by atoms with Gasteiger partial charge in [0.05, 0.1) is 39.7 Å². The molecule has 3 rings (SSSR count). The number of hydrogen-bond donors (Lipinski definition) is 1. The number of phenols is 1. The Hall–Kier alpha value is -2.87. The minimum absolute atomic E-state index is 0.00988. The van der Waals surface area contributed by atoms with Crippen molar-refractivity contribution >= 4 is 10.8 Å². The van der Waals surface area contributed by atoms with Crippen LogP contribution in [-0.2, 0) is 34.0 Å². The molecule has 7 heteroatoms. The third kappa shape index (κ3) is 4.18. The summed E-state index contributed by atoms with van der Waals surface area (Å²) in [6.07, 6.45) is 1.82. The number of fused-ring (bicyclic) bond motifs is 1. The molecule has 0 saturated heterocycles. The van der Waals surface area contributed by atoms with Crippen molar-refractivity contribution in [3.8, 4) is 28.5 Å². The molecule has 0 amide bonds. The van der Waals surface area contributed by atoms with Crippen molar-refractivity contribution in [3.05, 3.63) is 47.2 Å². The second kappa shape index (κ2) is 9.75. The molecule has 1 aromatic heterocycles. The van der Waals surface area contributed by atoms with Gasteiger partial charge in [-0.15, -0.1) is 0 Å². The van der Waals surface area contributed by atoms with Gasteiger partial charge in [-0.05, 0) is 46.3 Å². The van der Waals surface area contributed by atoms with E-state index in [0.29, 0.717) is 31.3 Å². The van der Waals surface area contributed by atoms with Gasteiger partial charge in [-0.25, -0.2) is 0 Å². The Morgan fingerprint density at radius 2 is 1.50 bits per heavy atom. The van der Waals surface area contributed by atoms with E-state index < -0.39 is 0 Å². The Morgan fingerprint density at radius 3 is 2.13 bits per heavy atom. The maximum Gasteiger partial charge on any atom is 0.203 e. The van der Waals surface area contributed by atoms with Crippen molar-refractivity contribution in [3.63, 3.8) is 0 Å². The lowest BCUT2D eigenvalue weighted by atomic mass is 9.95. The molecule has 0 spiro atoms. The zero-order valence-electron chi connectivity index (χ0n) is 17.9. The maximum absolute atomic E-state index is 10.3. The van der Waals surface area contributed by atoms with Crippen LogP contribution >= 0.6 is 0 Å². The zero-order chi connectivity index (χ0) is 21.7. The average molecular weight is 413 g/mol. The fraction of sp³-hybridized carbons (Fsp3) is 0.348. The number of pyridine rings is 1. The minimum Gasteiger partial charge on any atom is -0.504 e. The van der Waals surface area contributed by atoms with Gasteiger partial charge in [-0.3, -0.25) is 4.98 Å². The van der Waals surface area contributed by atoms with Gasteiger partial charge in [0.15, 0.2) is 11.5 Å². The number of benzene rings is 2. The Kier molecular flexibility index (Phi) is 7.10. The predicted molar refractivity (Wildman–Crippen MR) is 114 cm³/mol. The van der Waals surface area contributed by atoms with Gasteiger partial charge in [0.25, 0.3) is 0 Å². The topological polar surface area (TPSA) is 79.3 Å². The number of hydrogen-bond acceptors (Lipinski definition) is 7. The first-order chi connectivity index (χ1) is 14.6. The fourth-order valence-corrected chi connectivity index (χ4v) is 3.64. The monoisotopic (exact) mass is 413 g/mol. The van der Waals surface area contributed by atoms with Gasteiger partial charge in [-0.1, -0.05) is 0 Å². The van der Waals surface area contributed by atoms with Gasteiger partial charge < -0.3 is 28.8 Å². The fourth-order valence-electron chi connectivity index (χ4n) is 3.64. The number of aromatic nitrogens is 1. The molecular formula is C23H27NO6. The molecule has 7 nitrogen and oxygen atoms in total.